The standard InChI is InChI=1S/C10H21NO/c1-8(2)11-7-9-5-3-4-6-10(9)12/h8-12H,3-7H2,1-2H3/t9-,10-/m0/s1. The van der Waals surface area contributed by atoms with Crippen LogP contribution >= 0.6 is 0 Å². The second-order valence-electron chi connectivity index (χ2n) is 4.17. The zero-order chi connectivity index (χ0) is 8.97. The molecule has 0 saturated heterocycles. The van der Waals surface area contributed by atoms with Crippen LogP contribution in [-0.4, -0.2) is 23.8 Å². The maximum absolute atomic E-state index is 9.64. The van der Waals surface area contributed by atoms with Crippen molar-refractivity contribution in [1.29, 1.82) is 0 Å². The molecule has 0 radical (unpaired) electrons. The fourth-order valence-corrected chi connectivity index (χ4v) is 1.81. The Morgan fingerprint density at radius 3 is 2.58 bits per heavy atom. The van der Waals surface area contributed by atoms with Crippen LogP contribution in [-0.2, 0) is 0 Å². The van der Waals surface area contributed by atoms with E-state index in [2.05, 4.69) is 19.2 Å². The molecule has 1 fully saturated rings. The van der Waals surface area contributed by atoms with Crippen molar-refractivity contribution in [1.82, 2.24) is 5.32 Å². The minimum atomic E-state index is -0.0509. The second-order valence-corrected chi connectivity index (χ2v) is 4.17. The Balaban J connectivity index is 2.20. The van der Waals surface area contributed by atoms with Crippen LogP contribution in [0.25, 0.3) is 0 Å². The van der Waals surface area contributed by atoms with Crippen molar-refractivity contribution in [3.8, 4) is 0 Å². The molecule has 2 nitrogen and oxygen atoms in total. The molecule has 0 spiro atoms. The van der Waals surface area contributed by atoms with E-state index in [4.69, 9.17) is 0 Å². The Bertz CT molecular complexity index is 125. The van der Waals surface area contributed by atoms with E-state index >= 15 is 0 Å². The summed E-state index contributed by atoms with van der Waals surface area (Å²) in [6.45, 7) is 5.28. The zero-order valence-corrected chi connectivity index (χ0v) is 8.21. The highest BCUT2D eigenvalue weighted by molar-refractivity contribution is 4.76. The van der Waals surface area contributed by atoms with Crippen LogP contribution in [0, 0.1) is 5.92 Å². The lowest BCUT2D eigenvalue weighted by Gasteiger charge is -2.28. The number of aliphatic hydroxyl groups excluding tert-OH is 1. The van der Waals surface area contributed by atoms with Gasteiger partial charge in [0.2, 0.25) is 0 Å². The predicted molar refractivity (Wildman–Crippen MR) is 51.1 cm³/mol. The van der Waals surface area contributed by atoms with Gasteiger partial charge in [-0.1, -0.05) is 26.7 Å². The summed E-state index contributed by atoms with van der Waals surface area (Å²) in [5.74, 6) is 0.501. The van der Waals surface area contributed by atoms with Crippen LogP contribution in [0.2, 0.25) is 0 Å². The number of hydrogen-bond acceptors (Lipinski definition) is 2. The van der Waals surface area contributed by atoms with Gasteiger partial charge in [-0.3, -0.25) is 0 Å². The summed E-state index contributed by atoms with van der Waals surface area (Å²) >= 11 is 0. The molecule has 2 heteroatoms. The lowest BCUT2D eigenvalue weighted by atomic mass is 9.86. The van der Waals surface area contributed by atoms with E-state index in [1.807, 2.05) is 0 Å². The average Bonchev–Trinajstić information content (AvgIpc) is 2.03. The first-order valence-corrected chi connectivity index (χ1v) is 5.11. The van der Waals surface area contributed by atoms with Crippen LogP contribution in [0.5, 0.6) is 0 Å². The molecule has 0 aromatic heterocycles. The van der Waals surface area contributed by atoms with Crippen molar-refractivity contribution in [3.63, 3.8) is 0 Å². The van der Waals surface area contributed by atoms with Crippen molar-refractivity contribution in [3.05, 3.63) is 0 Å². The number of aliphatic hydroxyl groups is 1. The summed E-state index contributed by atoms with van der Waals surface area (Å²) < 4.78 is 0. The molecule has 0 amide bonds. The minimum Gasteiger partial charge on any atom is -0.393 e. The lowest BCUT2D eigenvalue weighted by Crippen LogP contribution is -2.36. The Labute approximate surface area is 75.4 Å². The third-order valence-corrected chi connectivity index (χ3v) is 2.66. The Morgan fingerprint density at radius 1 is 1.33 bits per heavy atom. The molecule has 0 aliphatic heterocycles. The first-order chi connectivity index (χ1) is 5.70. The van der Waals surface area contributed by atoms with Gasteiger partial charge in [0.05, 0.1) is 6.10 Å². The SMILES string of the molecule is CC(C)NC[C@@H]1CCCC[C@@H]1O. The van der Waals surface area contributed by atoms with Crippen molar-refractivity contribution >= 4 is 0 Å². The van der Waals surface area contributed by atoms with Crippen molar-refractivity contribution in [2.45, 2.75) is 51.7 Å². The third kappa shape index (κ3) is 3.11. The maximum Gasteiger partial charge on any atom is 0.0580 e. The molecule has 1 aliphatic rings. The molecule has 0 aromatic carbocycles. The molecular weight excluding hydrogens is 150 g/mol. The van der Waals surface area contributed by atoms with Gasteiger partial charge < -0.3 is 10.4 Å². The number of rotatable bonds is 3. The highest BCUT2D eigenvalue weighted by Crippen LogP contribution is 2.23. The molecule has 2 N–H and O–H groups in total. The van der Waals surface area contributed by atoms with Gasteiger partial charge in [0.1, 0.15) is 0 Å². The molecule has 1 aliphatic carbocycles. The monoisotopic (exact) mass is 171 g/mol. The fourth-order valence-electron chi connectivity index (χ4n) is 1.81. The zero-order valence-electron chi connectivity index (χ0n) is 8.21. The molecule has 0 heterocycles. The quantitative estimate of drug-likeness (QED) is 0.675. The maximum atomic E-state index is 9.64. The van der Waals surface area contributed by atoms with E-state index in [0.29, 0.717) is 12.0 Å². The van der Waals surface area contributed by atoms with E-state index in [1.165, 1.54) is 19.3 Å². The summed E-state index contributed by atoms with van der Waals surface area (Å²) in [5, 5.41) is 13.0. The molecule has 1 rings (SSSR count). The van der Waals surface area contributed by atoms with Gasteiger partial charge in [0.25, 0.3) is 0 Å². The first-order valence-electron chi connectivity index (χ1n) is 5.11. The molecule has 72 valence electrons. The van der Waals surface area contributed by atoms with E-state index in [0.717, 1.165) is 13.0 Å². The molecule has 0 unspecified atom stereocenters. The van der Waals surface area contributed by atoms with E-state index in [1.54, 1.807) is 0 Å². The summed E-state index contributed by atoms with van der Waals surface area (Å²) in [6, 6.07) is 0.541. The molecule has 0 aromatic rings. The van der Waals surface area contributed by atoms with Crippen LogP contribution in [0.4, 0.5) is 0 Å². The largest absolute Gasteiger partial charge is 0.393 e. The van der Waals surface area contributed by atoms with Gasteiger partial charge >= 0.3 is 0 Å². The summed E-state index contributed by atoms with van der Waals surface area (Å²) in [6.07, 6.45) is 4.65. The van der Waals surface area contributed by atoms with Gasteiger partial charge in [-0.2, -0.15) is 0 Å². The normalized spacial score (nSPS) is 31.0. The smallest absolute Gasteiger partial charge is 0.0580 e. The highest BCUT2D eigenvalue weighted by atomic mass is 16.3. The summed E-state index contributed by atoms with van der Waals surface area (Å²) in [4.78, 5) is 0. The molecule has 1 saturated carbocycles. The Kier molecular flexibility index (Phi) is 4.02. The van der Waals surface area contributed by atoms with Crippen molar-refractivity contribution in [2.75, 3.05) is 6.54 Å². The average molecular weight is 171 g/mol. The first kappa shape index (κ1) is 10.0. The van der Waals surface area contributed by atoms with Crippen LogP contribution < -0.4 is 5.32 Å². The van der Waals surface area contributed by atoms with Crippen LogP contribution in [0.3, 0.4) is 0 Å². The number of nitrogens with one attached hydrogen (secondary N) is 1. The second kappa shape index (κ2) is 4.83. The van der Waals surface area contributed by atoms with Gasteiger partial charge in [-0.15, -0.1) is 0 Å². The fraction of sp³-hybridized carbons (Fsp3) is 1.00. The minimum absolute atomic E-state index is 0.0509. The summed E-state index contributed by atoms with van der Waals surface area (Å²) in [7, 11) is 0. The van der Waals surface area contributed by atoms with Gasteiger partial charge in [-0.25, -0.2) is 0 Å². The predicted octanol–water partition coefficient (Wildman–Crippen LogP) is 1.54. The Morgan fingerprint density at radius 2 is 2.00 bits per heavy atom. The van der Waals surface area contributed by atoms with Crippen LogP contribution in [0.15, 0.2) is 0 Å². The van der Waals surface area contributed by atoms with E-state index in [9.17, 15) is 5.11 Å². The van der Waals surface area contributed by atoms with Crippen molar-refractivity contribution < 1.29 is 5.11 Å². The van der Waals surface area contributed by atoms with Crippen molar-refractivity contribution in [2.24, 2.45) is 5.92 Å². The van der Waals surface area contributed by atoms with E-state index < -0.39 is 0 Å². The van der Waals surface area contributed by atoms with Gasteiger partial charge in [0, 0.05) is 12.6 Å². The molecular formula is C10H21NO. The summed E-state index contributed by atoms with van der Waals surface area (Å²) in [5.41, 5.74) is 0. The number of hydrogen-bond donors (Lipinski definition) is 2. The lowest BCUT2D eigenvalue weighted by molar-refractivity contribution is 0.0687. The topological polar surface area (TPSA) is 32.3 Å². The molecule has 2 atom stereocenters. The van der Waals surface area contributed by atoms with E-state index in [-0.39, 0.29) is 6.10 Å². The van der Waals surface area contributed by atoms with Crippen LogP contribution in [0.1, 0.15) is 39.5 Å². The molecule has 0 bridgehead atoms. The molecule has 12 heavy (non-hydrogen) atoms. The van der Waals surface area contributed by atoms with Gasteiger partial charge in [-0.05, 0) is 18.8 Å². The Hall–Kier alpha value is -0.0800. The third-order valence-electron chi connectivity index (χ3n) is 2.66. The highest BCUT2D eigenvalue weighted by Gasteiger charge is 2.22. The van der Waals surface area contributed by atoms with Gasteiger partial charge in [0.15, 0.2) is 0 Å².